The zero-order valence-electron chi connectivity index (χ0n) is 11.6. The van der Waals surface area contributed by atoms with E-state index in [2.05, 4.69) is 0 Å². The molecule has 0 aliphatic heterocycles. The standard InChI is InChI=1S/C14H17F4NO2/c1-9(10(2)20)13(15,14(16,17)18)12(21)19-8-11-6-4-3-5-7-11/h3-7,9-10,20H,8H2,1-2H3,(H,19,21)/t9-,10-,13+/m0/s1. The SMILES string of the molecule is C[C@H](O)[C@H](C)[C@@](F)(C(=O)NCc1ccccc1)C(F)(F)F. The van der Waals surface area contributed by atoms with Crippen molar-refractivity contribution in [1.82, 2.24) is 5.32 Å². The lowest BCUT2D eigenvalue weighted by Crippen LogP contribution is -2.59. The number of amides is 1. The van der Waals surface area contributed by atoms with Crippen LogP contribution in [0.1, 0.15) is 19.4 Å². The summed E-state index contributed by atoms with van der Waals surface area (Å²) < 4.78 is 53.2. The Morgan fingerprint density at radius 3 is 2.14 bits per heavy atom. The molecule has 1 aromatic rings. The van der Waals surface area contributed by atoms with Gasteiger partial charge in [-0.3, -0.25) is 4.79 Å². The molecule has 0 unspecified atom stereocenters. The highest BCUT2D eigenvalue weighted by Crippen LogP contribution is 2.41. The van der Waals surface area contributed by atoms with Gasteiger partial charge in [0, 0.05) is 12.5 Å². The molecule has 1 amide bonds. The van der Waals surface area contributed by atoms with E-state index in [1.807, 2.05) is 5.32 Å². The molecular weight excluding hydrogens is 290 g/mol. The minimum atomic E-state index is -5.41. The third kappa shape index (κ3) is 3.72. The van der Waals surface area contributed by atoms with E-state index in [-0.39, 0.29) is 6.54 Å². The lowest BCUT2D eigenvalue weighted by atomic mass is 9.85. The van der Waals surface area contributed by atoms with Gasteiger partial charge in [-0.15, -0.1) is 0 Å². The highest BCUT2D eigenvalue weighted by molar-refractivity contribution is 5.86. The van der Waals surface area contributed by atoms with Crippen LogP contribution in [-0.2, 0) is 11.3 Å². The Labute approximate surface area is 120 Å². The van der Waals surface area contributed by atoms with Crippen LogP contribution in [0.4, 0.5) is 17.6 Å². The quantitative estimate of drug-likeness (QED) is 0.822. The summed E-state index contributed by atoms with van der Waals surface area (Å²) >= 11 is 0. The predicted molar refractivity (Wildman–Crippen MR) is 69.0 cm³/mol. The van der Waals surface area contributed by atoms with Crippen LogP contribution >= 0.6 is 0 Å². The lowest BCUT2D eigenvalue weighted by molar-refractivity contribution is -0.247. The number of carbonyl (C=O) groups is 1. The second-order valence-corrected chi connectivity index (χ2v) is 4.91. The average molecular weight is 307 g/mol. The Morgan fingerprint density at radius 1 is 1.19 bits per heavy atom. The van der Waals surface area contributed by atoms with Crippen LogP contribution in [0.2, 0.25) is 0 Å². The molecule has 0 saturated heterocycles. The van der Waals surface area contributed by atoms with Crippen molar-refractivity contribution in [2.75, 3.05) is 0 Å². The van der Waals surface area contributed by atoms with Gasteiger partial charge < -0.3 is 10.4 Å². The van der Waals surface area contributed by atoms with E-state index in [1.165, 1.54) is 0 Å². The second-order valence-electron chi connectivity index (χ2n) is 4.91. The third-order valence-electron chi connectivity index (χ3n) is 3.39. The molecule has 0 radical (unpaired) electrons. The molecule has 0 aliphatic carbocycles. The fraction of sp³-hybridized carbons (Fsp3) is 0.500. The molecular formula is C14H17F4NO2. The highest BCUT2D eigenvalue weighted by Gasteiger charge is 2.65. The van der Waals surface area contributed by atoms with Crippen LogP contribution in [-0.4, -0.2) is 29.0 Å². The maximum atomic E-state index is 14.3. The van der Waals surface area contributed by atoms with E-state index >= 15 is 0 Å². The molecule has 0 bridgehead atoms. The largest absolute Gasteiger partial charge is 0.432 e. The number of aliphatic hydroxyl groups is 1. The molecule has 1 aromatic carbocycles. The van der Waals surface area contributed by atoms with Crippen LogP contribution in [0.3, 0.4) is 0 Å². The van der Waals surface area contributed by atoms with E-state index in [0.29, 0.717) is 5.56 Å². The summed E-state index contributed by atoms with van der Waals surface area (Å²) in [6.07, 6.45) is -7.04. The summed E-state index contributed by atoms with van der Waals surface area (Å²) in [5.41, 5.74) is -3.60. The average Bonchev–Trinajstić information content (AvgIpc) is 2.42. The van der Waals surface area contributed by atoms with Crippen molar-refractivity contribution >= 4 is 5.91 Å². The second kappa shape index (κ2) is 6.43. The van der Waals surface area contributed by atoms with Crippen LogP contribution in [0.25, 0.3) is 0 Å². The van der Waals surface area contributed by atoms with Gasteiger partial charge in [0.1, 0.15) is 0 Å². The van der Waals surface area contributed by atoms with Crippen molar-refractivity contribution in [2.45, 2.75) is 38.3 Å². The van der Waals surface area contributed by atoms with Gasteiger partial charge in [0.2, 0.25) is 0 Å². The molecule has 21 heavy (non-hydrogen) atoms. The lowest BCUT2D eigenvalue weighted by Gasteiger charge is -2.33. The summed E-state index contributed by atoms with van der Waals surface area (Å²) in [6, 6.07) is 8.17. The number of carbonyl (C=O) groups excluding carboxylic acids is 1. The van der Waals surface area contributed by atoms with Gasteiger partial charge in [-0.1, -0.05) is 37.3 Å². The van der Waals surface area contributed by atoms with Gasteiger partial charge in [-0.2, -0.15) is 13.2 Å². The molecule has 0 saturated carbocycles. The van der Waals surface area contributed by atoms with Gasteiger partial charge in [0.15, 0.2) is 0 Å². The zero-order chi connectivity index (χ0) is 16.3. The molecule has 0 aromatic heterocycles. The third-order valence-corrected chi connectivity index (χ3v) is 3.39. The van der Waals surface area contributed by atoms with Crippen molar-refractivity contribution < 1.29 is 27.5 Å². The topological polar surface area (TPSA) is 49.3 Å². The zero-order valence-corrected chi connectivity index (χ0v) is 11.6. The smallest absolute Gasteiger partial charge is 0.393 e. The van der Waals surface area contributed by atoms with Crippen molar-refractivity contribution in [2.24, 2.45) is 5.92 Å². The molecule has 0 heterocycles. The highest BCUT2D eigenvalue weighted by atomic mass is 19.4. The van der Waals surface area contributed by atoms with Crippen LogP contribution < -0.4 is 5.32 Å². The molecule has 3 atom stereocenters. The number of halogens is 4. The van der Waals surface area contributed by atoms with Gasteiger partial charge in [-0.25, -0.2) is 4.39 Å². The number of alkyl halides is 4. The molecule has 1 rings (SSSR count). The summed E-state index contributed by atoms with van der Waals surface area (Å²) in [4.78, 5) is 11.7. The van der Waals surface area contributed by atoms with Crippen LogP contribution in [0, 0.1) is 5.92 Å². The molecule has 0 aliphatic rings. The maximum Gasteiger partial charge on any atom is 0.432 e. The fourth-order valence-electron chi connectivity index (χ4n) is 1.83. The Morgan fingerprint density at radius 2 is 1.71 bits per heavy atom. The van der Waals surface area contributed by atoms with Gasteiger partial charge >= 0.3 is 6.18 Å². The van der Waals surface area contributed by atoms with Crippen LogP contribution in [0.15, 0.2) is 30.3 Å². The summed E-state index contributed by atoms with van der Waals surface area (Å²) in [5.74, 6) is -3.72. The van der Waals surface area contributed by atoms with Gasteiger partial charge in [0.25, 0.3) is 11.6 Å². The van der Waals surface area contributed by atoms with Crippen molar-refractivity contribution in [1.29, 1.82) is 0 Å². The van der Waals surface area contributed by atoms with E-state index in [0.717, 1.165) is 13.8 Å². The molecule has 3 nitrogen and oxygen atoms in total. The Bertz CT molecular complexity index is 476. The Kier molecular flexibility index (Phi) is 5.33. The van der Waals surface area contributed by atoms with E-state index in [1.54, 1.807) is 30.3 Å². The summed E-state index contributed by atoms with van der Waals surface area (Å²) in [6.45, 7) is 1.63. The minimum Gasteiger partial charge on any atom is -0.393 e. The number of rotatable bonds is 5. The number of hydrogen-bond donors (Lipinski definition) is 2. The van der Waals surface area contributed by atoms with Crippen molar-refractivity contribution in [3.8, 4) is 0 Å². The molecule has 2 N–H and O–H groups in total. The fourth-order valence-corrected chi connectivity index (χ4v) is 1.83. The first-order chi connectivity index (χ1) is 9.60. The predicted octanol–water partition coefficient (Wildman–Crippen LogP) is 2.59. The molecule has 118 valence electrons. The number of hydrogen-bond acceptors (Lipinski definition) is 2. The molecule has 0 fully saturated rings. The van der Waals surface area contributed by atoms with Gasteiger partial charge in [0.05, 0.1) is 6.10 Å². The van der Waals surface area contributed by atoms with E-state index < -0.39 is 29.8 Å². The normalized spacial score (nSPS) is 17.7. The summed E-state index contributed by atoms with van der Waals surface area (Å²) in [7, 11) is 0. The molecule has 0 spiro atoms. The van der Waals surface area contributed by atoms with E-state index in [9.17, 15) is 27.5 Å². The number of benzene rings is 1. The van der Waals surface area contributed by atoms with Crippen molar-refractivity contribution in [3.63, 3.8) is 0 Å². The number of aliphatic hydroxyl groups excluding tert-OH is 1. The Balaban J connectivity index is 2.92. The first-order valence-corrected chi connectivity index (χ1v) is 6.36. The summed E-state index contributed by atoms with van der Waals surface area (Å²) in [5, 5.41) is 11.2. The maximum absolute atomic E-state index is 14.3. The van der Waals surface area contributed by atoms with Gasteiger partial charge in [-0.05, 0) is 12.5 Å². The minimum absolute atomic E-state index is 0.228. The van der Waals surface area contributed by atoms with E-state index in [4.69, 9.17) is 0 Å². The Hall–Kier alpha value is -1.63. The first-order valence-electron chi connectivity index (χ1n) is 6.36. The monoisotopic (exact) mass is 307 g/mol. The van der Waals surface area contributed by atoms with Crippen molar-refractivity contribution in [3.05, 3.63) is 35.9 Å². The first kappa shape index (κ1) is 17.4. The molecule has 7 heteroatoms. The number of nitrogens with one attached hydrogen (secondary N) is 1. The van der Waals surface area contributed by atoms with Crippen LogP contribution in [0.5, 0.6) is 0 Å².